The first kappa shape index (κ1) is 19.5. The monoisotopic (exact) mass is 387 g/mol. The van der Waals surface area contributed by atoms with Crippen molar-refractivity contribution in [2.75, 3.05) is 31.1 Å². The molecule has 0 aliphatic carbocycles. The molecule has 3 aromatic rings. The van der Waals surface area contributed by atoms with Crippen LogP contribution < -0.4 is 4.90 Å². The Kier molecular flexibility index (Phi) is 6.15. The molecule has 0 spiro atoms. The number of hydrogen-bond acceptors (Lipinski definition) is 5. The molecule has 1 aromatic carbocycles. The van der Waals surface area contributed by atoms with E-state index in [1.807, 2.05) is 18.5 Å². The van der Waals surface area contributed by atoms with Gasteiger partial charge in [0.1, 0.15) is 5.82 Å². The third-order valence-electron chi connectivity index (χ3n) is 5.39. The van der Waals surface area contributed by atoms with Gasteiger partial charge in [0.2, 0.25) is 0 Å². The number of hydrogen-bond donors (Lipinski definition) is 0. The quantitative estimate of drug-likeness (QED) is 0.637. The third-order valence-corrected chi connectivity index (χ3v) is 5.39. The van der Waals surface area contributed by atoms with E-state index >= 15 is 0 Å². The number of aryl methyl sites for hydroxylation is 2. The Labute approximate surface area is 173 Å². The summed E-state index contributed by atoms with van der Waals surface area (Å²) in [6, 6.07) is 15.0. The van der Waals surface area contributed by atoms with E-state index < -0.39 is 0 Å². The van der Waals surface area contributed by atoms with Crippen molar-refractivity contribution < 1.29 is 0 Å². The number of pyridine rings is 1. The maximum atomic E-state index is 4.79. The molecule has 1 fully saturated rings. The summed E-state index contributed by atoms with van der Waals surface area (Å²) in [5.41, 5.74) is 5.81. The van der Waals surface area contributed by atoms with Crippen molar-refractivity contribution in [2.24, 2.45) is 0 Å². The molecule has 0 amide bonds. The highest BCUT2D eigenvalue weighted by molar-refractivity contribution is 5.60. The number of aromatic nitrogens is 3. The number of benzene rings is 1. The minimum atomic E-state index is 0.926. The zero-order valence-corrected chi connectivity index (χ0v) is 17.4. The fourth-order valence-corrected chi connectivity index (χ4v) is 3.91. The maximum Gasteiger partial charge on any atom is 0.129 e. The predicted molar refractivity (Wildman–Crippen MR) is 118 cm³/mol. The molecule has 0 bridgehead atoms. The molecule has 4 rings (SSSR count). The molecule has 3 heterocycles. The van der Waals surface area contributed by atoms with Gasteiger partial charge in [-0.3, -0.25) is 9.88 Å². The molecule has 1 aliphatic heterocycles. The predicted octanol–water partition coefficient (Wildman–Crippen LogP) is 4.12. The van der Waals surface area contributed by atoms with E-state index in [1.54, 1.807) is 0 Å². The van der Waals surface area contributed by atoms with Gasteiger partial charge < -0.3 is 4.90 Å². The molecule has 0 radical (unpaired) electrons. The summed E-state index contributed by atoms with van der Waals surface area (Å²) in [7, 11) is 0. The molecule has 1 saturated heterocycles. The number of rotatable bonds is 6. The van der Waals surface area contributed by atoms with E-state index in [0.717, 1.165) is 62.8 Å². The summed E-state index contributed by atoms with van der Waals surface area (Å²) in [5.74, 6) is 0.944. The van der Waals surface area contributed by atoms with Crippen LogP contribution in [0.5, 0.6) is 0 Å². The van der Waals surface area contributed by atoms with Crippen LogP contribution in [0.25, 0.3) is 11.3 Å². The van der Waals surface area contributed by atoms with Gasteiger partial charge in [0.25, 0.3) is 0 Å². The lowest BCUT2D eigenvalue weighted by Crippen LogP contribution is -2.46. The molecule has 1 aliphatic rings. The topological polar surface area (TPSA) is 45.2 Å². The van der Waals surface area contributed by atoms with Crippen LogP contribution in [0.1, 0.15) is 30.4 Å². The molecule has 29 heavy (non-hydrogen) atoms. The molecule has 0 saturated carbocycles. The highest BCUT2D eigenvalue weighted by atomic mass is 15.3. The molecule has 0 N–H and O–H groups in total. The van der Waals surface area contributed by atoms with Gasteiger partial charge in [-0.05, 0) is 43.2 Å². The van der Waals surface area contributed by atoms with Crippen LogP contribution in [0, 0.1) is 6.92 Å². The van der Waals surface area contributed by atoms with Crippen molar-refractivity contribution in [3.63, 3.8) is 0 Å². The van der Waals surface area contributed by atoms with E-state index in [-0.39, 0.29) is 0 Å². The second kappa shape index (κ2) is 9.14. The molecule has 2 aromatic heterocycles. The Morgan fingerprint density at radius 2 is 1.83 bits per heavy atom. The molecular formula is C24H29N5. The molecule has 0 unspecified atom stereocenters. The zero-order valence-electron chi connectivity index (χ0n) is 17.4. The van der Waals surface area contributed by atoms with E-state index in [2.05, 4.69) is 70.0 Å². The number of piperazine rings is 1. The Bertz CT molecular complexity index is 933. The van der Waals surface area contributed by atoms with Crippen molar-refractivity contribution in [1.29, 1.82) is 0 Å². The molecule has 150 valence electrons. The van der Waals surface area contributed by atoms with Gasteiger partial charge in [0, 0.05) is 56.6 Å². The smallest absolute Gasteiger partial charge is 0.129 e. The molecular weight excluding hydrogens is 358 g/mol. The lowest BCUT2D eigenvalue weighted by molar-refractivity contribution is 0.250. The first-order chi connectivity index (χ1) is 14.2. The van der Waals surface area contributed by atoms with Gasteiger partial charge in [-0.2, -0.15) is 0 Å². The first-order valence-corrected chi connectivity index (χ1v) is 10.5. The van der Waals surface area contributed by atoms with Crippen molar-refractivity contribution in [1.82, 2.24) is 19.9 Å². The summed E-state index contributed by atoms with van der Waals surface area (Å²) >= 11 is 0. The van der Waals surface area contributed by atoms with Gasteiger partial charge in [-0.25, -0.2) is 9.97 Å². The van der Waals surface area contributed by atoms with Gasteiger partial charge in [-0.15, -0.1) is 0 Å². The normalized spacial score (nSPS) is 14.9. The van der Waals surface area contributed by atoms with E-state index in [0.29, 0.717) is 0 Å². The summed E-state index contributed by atoms with van der Waals surface area (Å²) < 4.78 is 0. The summed E-state index contributed by atoms with van der Waals surface area (Å²) in [4.78, 5) is 18.5. The first-order valence-electron chi connectivity index (χ1n) is 10.5. The summed E-state index contributed by atoms with van der Waals surface area (Å²) in [6.45, 7) is 9.39. The van der Waals surface area contributed by atoms with Gasteiger partial charge in [0.05, 0.1) is 17.6 Å². The minimum Gasteiger partial charge on any atom is -0.368 e. The van der Waals surface area contributed by atoms with Crippen molar-refractivity contribution in [3.05, 3.63) is 71.9 Å². The Morgan fingerprint density at radius 1 is 0.966 bits per heavy atom. The molecule has 0 atom stereocenters. The Hall–Kier alpha value is -2.79. The number of nitrogens with zero attached hydrogens (tertiary/aromatic N) is 5. The average molecular weight is 388 g/mol. The standard InChI is InChI=1S/C24H29N5/c1-3-6-24-26-19(2)15-23(27-24)21-8-4-7-20(16-21)18-28-11-13-29(14-12-28)22-9-5-10-25-17-22/h4-5,7-10,15-17H,3,6,11-14,18H2,1-2H3. The fraction of sp³-hybridized carbons (Fsp3) is 0.375. The second-order valence-electron chi connectivity index (χ2n) is 7.74. The van der Waals surface area contributed by atoms with Crippen LogP contribution in [-0.4, -0.2) is 46.0 Å². The highest BCUT2D eigenvalue weighted by Crippen LogP contribution is 2.21. The summed E-state index contributed by atoms with van der Waals surface area (Å²) in [5, 5.41) is 0. The SMILES string of the molecule is CCCc1nc(C)cc(-c2cccc(CN3CCN(c4cccnc4)CC3)c2)n1. The van der Waals surface area contributed by atoms with Crippen LogP contribution in [0.2, 0.25) is 0 Å². The maximum absolute atomic E-state index is 4.79. The Balaban J connectivity index is 1.42. The third kappa shape index (κ3) is 4.98. The van der Waals surface area contributed by atoms with Gasteiger partial charge in [-0.1, -0.05) is 25.1 Å². The zero-order chi connectivity index (χ0) is 20.1. The van der Waals surface area contributed by atoms with Crippen LogP contribution in [0.4, 0.5) is 5.69 Å². The lowest BCUT2D eigenvalue weighted by Gasteiger charge is -2.36. The number of anilines is 1. The minimum absolute atomic E-state index is 0.926. The Morgan fingerprint density at radius 3 is 2.59 bits per heavy atom. The van der Waals surface area contributed by atoms with E-state index in [1.165, 1.54) is 16.8 Å². The second-order valence-corrected chi connectivity index (χ2v) is 7.74. The molecule has 5 nitrogen and oxygen atoms in total. The van der Waals surface area contributed by atoms with Crippen LogP contribution in [0.15, 0.2) is 54.9 Å². The largest absolute Gasteiger partial charge is 0.368 e. The highest BCUT2D eigenvalue weighted by Gasteiger charge is 2.17. The van der Waals surface area contributed by atoms with Crippen LogP contribution in [-0.2, 0) is 13.0 Å². The van der Waals surface area contributed by atoms with Crippen molar-refractivity contribution in [2.45, 2.75) is 33.2 Å². The van der Waals surface area contributed by atoms with Gasteiger partial charge in [0.15, 0.2) is 0 Å². The fourth-order valence-electron chi connectivity index (χ4n) is 3.91. The molecule has 5 heteroatoms. The lowest BCUT2D eigenvalue weighted by atomic mass is 10.1. The van der Waals surface area contributed by atoms with Crippen molar-refractivity contribution >= 4 is 5.69 Å². The van der Waals surface area contributed by atoms with Crippen LogP contribution in [0.3, 0.4) is 0 Å². The van der Waals surface area contributed by atoms with E-state index in [4.69, 9.17) is 4.98 Å². The van der Waals surface area contributed by atoms with Crippen LogP contribution >= 0.6 is 0 Å². The van der Waals surface area contributed by atoms with Gasteiger partial charge >= 0.3 is 0 Å². The average Bonchev–Trinajstić information content (AvgIpc) is 2.75. The van der Waals surface area contributed by atoms with E-state index in [9.17, 15) is 0 Å². The van der Waals surface area contributed by atoms with Crippen molar-refractivity contribution in [3.8, 4) is 11.3 Å². The summed E-state index contributed by atoms with van der Waals surface area (Å²) in [6.07, 6.45) is 5.77.